The summed E-state index contributed by atoms with van der Waals surface area (Å²) >= 11 is 0. The van der Waals surface area contributed by atoms with Crippen LogP contribution in [0.25, 0.3) is 0 Å². The Kier molecular flexibility index (Phi) is 2.43. The molecule has 2 rings (SSSR count). The molecule has 2 aliphatic rings. The average Bonchev–Trinajstić information content (AvgIpc) is 2.17. The van der Waals surface area contributed by atoms with E-state index in [2.05, 4.69) is 4.90 Å². The Morgan fingerprint density at radius 1 is 1.14 bits per heavy atom. The number of likely N-dealkylation sites (N-methyl/N-ethyl adjacent to an activating group) is 1. The Hall–Kier alpha value is -0.700. The number of likely N-dealkylation sites (tertiary alicyclic amines) is 1. The third-order valence-corrected chi connectivity index (χ3v) is 3.78. The van der Waals surface area contributed by atoms with E-state index in [1.54, 1.807) is 0 Å². The number of rotatable bonds is 0. The maximum atomic E-state index is 11.9. The zero-order chi connectivity index (χ0) is 10.2. The highest BCUT2D eigenvalue weighted by Gasteiger charge is 2.45. The Bertz CT molecular complexity index is 262. The molecule has 0 aromatic heterocycles. The number of nitrogens with zero attached hydrogens (tertiary/aromatic N) is 1. The summed E-state index contributed by atoms with van der Waals surface area (Å²) in [5.41, 5.74) is -0.272. The van der Waals surface area contributed by atoms with E-state index in [-0.39, 0.29) is 5.54 Å². The molecule has 1 aliphatic heterocycles. The zero-order valence-corrected chi connectivity index (χ0v) is 8.71. The van der Waals surface area contributed by atoms with E-state index in [1.807, 2.05) is 7.05 Å². The van der Waals surface area contributed by atoms with E-state index in [0.717, 1.165) is 25.8 Å². The van der Waals surface area contributed by atoms with Crippen LogP contribution in [0.15, 0.2) is 0 Å². The van der Waals surface area contributed by atoms with Gasteiger partial charge in [-0.05, 0) is 32.9 Å². The number of Topliss-reactive ketones (excluding diaryl/α,β-unsaturated/α-hetero) is 2. The molecule has 0 aromatic carbocycles. The maximum Gasteiger partial charge on any atom is 0.153 e. The molecule has 0 bridgehead atoms. The highest BCUT2D eigenvalue weighted by atomic mass is 16.1. The van der Waals surface area contributed by atoms with Crippen LogP contribution in [-0.4, -0.2) is 35.6 Å². The van der Waals surface area contributed by atoms with Gasteiger partial charge in [0.15, 0.2) is 5.78 Å². The minimum Gasteiger partial charge on any atom is -0.300 e. The largest absolute Gasteiger partial charge is 0.300 e. The van der Waals surface area contributed by atoms with Crippen LogP contribution >= 0.6 is 0 Å². The smallest absolute Gasteiger partial charge is 0.153 e. The van der Waals surface area contributed by atoms with E-state index in [0.29, 0.717) is 30.8 Å². The fourth-order valence-corrected chi connectivity index (χ4v) is 2.74. The van der Waals surface area contributed by atoms with Crippen molar-refractivity contribution in [1.29, 1.82) is 0 Å². The molecule has 0 amide bonds. The predicted molar refractivity (Wildman–Crippen MR) is 53.1 cm³/mol. The summed E-state index contributed by atoms with van der Waals surface area (Å²) in [5, 5.41) is 0. The van der Waals surface area contributed by atoms with Gasteiger partial charge >= 0.3 is 0 Å². The lowest BCUT2D eigenvalue weighted by atomic mass is 9.74. The van der Waals surface area contributed by atoms with Gasteiger partial charge in [-0.2, -0.15) is 0 Å². The number of ketones is 2. The van der Waals surface area contributed by atoms with Crippen molar-refractivity contribution in [1.82, 2.24) is 4.90 Å². The number of carbonyl (C=O) groups is 2. The molecule has 0 atom stereocenters. The summed E-state index contributed by atoms with van der Waals surface area (Å²) in [6, 6.07) is 0. The van der Waals surface area contributed by atoms with Gasteiger partial charge in [0.2, 0.25) is 0 Å². The first kappa shape index (κ1) is 9.84. The summed E-state index contributed by atoms with van der Waals surface area (Å²) in [6.45, 7) is 1.000. The standard InChI is InChI=1S/C11H17NO2/c1-12-8-2-3-10(14)11(12)6-4-9(13)5-7-11/h2-8H2,1H3. The quantitative estimate of drug-likeness (QED) is 0.582. The molecule has 3 heteroatoms. The fraction of sp³-hybridized carbons (Fsp3) is 0.818. The molecule has 1 heterocycles. The molecule has 0 radical (unpaired) electrons. The number of piperidine rings is 1. The Morgan fingerprint density at radius 2 is 1.79 bits per heavy atom. The first-order chi connectivity index (χ1) is 6.65. The Labute approximate surface area is 84.5 Å². The van der Waals surface area contributed by atoms with Crippen LogP contribution in [0.2, 0.25) is 0 Å². The van der Waals surface area contributed by atoms with Crippen LogP contribution in [0.4, 0.5) is 0 Å². The van der Waals surface area contributed by atoms with Crippen molar-refractivity contribution < 1.29 is 9.59 Å². The van der Waals surface area contributed by atoms with Crippen molar-refractivity contribution in [3.05, 3.63) is 0 Å². The number of hydrogen-bond acceptors (Lipinski definition) is 3. The molecule has 1 aliphatic carbocycles. The van der Waals surface area contributed by atoms with Gasteiger partial charge in [-0.25, -0.2) is 0 Å². The number of hydrogen-bond donors (Lipinski definition) is 0. The normalized spacial score (nSPS) is 28.4. The Balaban J connectivity index is 2.18. The average molecular weight is 195 g/mol. The molecule has 78 valence electrons. The van der Waals surface area contributed by atoms with Gasteiger partial charge in [0.25, 0.3) is 0 Å². The maximum absolute atomic E-state index is 11.9. The topological polar surface area (TPSA) is 37.4 Å². The molecule has 0 N–H and O–H groups in total. The van der Waals surface area contributed by atoms with Crippen molar-refractivity contribution in [2.75, 3.05) is 13.6 Å². The molecule has 3 nitrogen and oxygen atoms in total. The van der Waals surface area contributed by atoms with Crippen molar-refractivity contribution >= 4 is 11.6 Å². The monoisotopic (exact) mass is 195 g/mol. The van der Waals surface area contributed by atoms with Crippen molar-refractivity contribution in [3.8, 4) is 0 Å². The molecule has 14 heavy (non-hydrogen) atoms. The summed E-state index contributed by atoms with van der Waals surface area (Å²) < 4.78 is 0. The third-order valence-electron chi connectivity index (χ3n) is 3.78. The molecule has 0 unspecified atom stereocenters. The van der Waals surface area contributed by atoms with E-state index in [9.17, 15) is 9.59 Å². The fourth-order valence-electron chi connectivity index (χ4n) is 2.74. The first-order valence-corrected chi connectivity index (χ1v) is 5.41. The number of carbonyl (C=O) groups excluding carboxylic acids is 2. The molecular weight excluding hydrogens is 178 g/mol. The molecular formula is C11H17NO2. The van der Waals surface area contributed by atoms with Gasteiger partial charge in [0, 0.05) is 19.3 Å². The minimum absolute atomic E-state index is 0.272. The van der Waals surface area contributed by atoms with Gasteiger partial charge in [0.1, 0.15) is 5.78 Å². The second-order valence-corrected chi connectivity index (χ2v) is 4.52. The highest BCUT2D eigenvalue weighted by molar-refractivity contribution is 5.92. The van der Waals surface area contributed by atoms with Crippen LogP contribution in [0.3, 0.4) is 0 Å². The highest BCUT2D eigenvalue weighted by Crippen LogP contribution is 2.36. The van der Waals surface area contributed by atoms with E-state index in [1.165, 1.54) is 0 Å². The second-order valence-electron chi connectivity index (χ2n) is 4.52. The molecule has 0 aromatic rings. The van der Waals surface area contributed by atoms with E-state index in [4.69, 9.17) is 0 Å². The van der Waals surface area contributed by atoms with E-state index < -0.39 is 0 Å². The summed E-state index contributed by atoms with van der Waals surface area (Å²) in [6.07, 6.45) is 4.37. The van der Waals surface area contributed by atoms with Crippen LogP contribution in [0, 0.1) is 0 Å². The van der Waals surface area contributed by atoms with Crippen LogP contribution in [0.5, 0.6) is 0 Å². The summed E-state index contributed by atoms with van der Waals surface area (Å²) in [4.78, 5) is 25.3. The van der Waals surface area contributed by atoms with Gasteiger partial charge in [0.05, 0.1) is 5.54 Å². The van der Waals surface area contributed by atoms with Crippen LogP contribution in [-0.2, 0) is 9.59 Å². The molecule has 1 saturated heterocycles. The van der Waals surface area contributed by atoms with Gasteiger partial charge in [-0.15, -0.1) is 0 Å². The first-order valence-electron chi connectivity index (χ1n) is 5.41. The summed E-state index contributed by atoms with van der Waals surface area (Å²) in [5.74, 6) is 0.682. The van der Waals surface area contributed by atoms with E-state index >= 15 is 0 Å². The van der Waals surface area contributed by atoms with Crippen molar-refractivity contribution in [2.24, 2.45) is 0 Å². The minimum atomic E-state index is -0.272. The molecule has 1 saturated carbocycles. The Morgan fingerprint density at radius 3 is 2.36 bits per heavy atom. The zero-order valence-electron chi connectivity index (χ0n) is 8.71. The SMILES string of the molecule is CN1CCCC(=O)C12CCC(=O)CC2. The second kappa shape index (κ2) is 3.46. The summed E-state index contributed by atoms with van der Waals surface area (Å²) in [7, 11) is 2.02. The van der Waals surface area contributed by atoms with Crippen molar-refractivity contribution in [2.45, 2.75) is 44.1 Å². The van der Waals surface area contributed by atoms with Crippen LogP contribution in [0.1, 0.15) is 38.5 Å². The van der Waals surface area contributed by atoms with Gasteiger partial charge in [-0.3, -0.25) is 14.5 Å². The third kappa shape index (κ3) is 1.40. The lowest BCUT2D eigenvalue weighted by Gasteiger charge is -2.45. The predicted octanol–water partition coefficient (Wildman–Crippen LogP) is 1.16. The molecule has 2 fully saturated rings. The molecule has 1 spiro atoms. The van der Waals surface area contributed by atoms with Crippen molar-refractivity contribution in [3.63, 3.8) is 0 Å². The van der Waals surface area contributed by atoms with Crippen LogP contribution < -0.4 is 0 Å². The van der Waals surface area contributed by atoms with Gasteiger partial charge in [-0.1, -0.05) is 0 Å². The lowest BCUT2D eigenvalue weighted by Crippen LogP contribution is -2.57. The lowest BCUT2D eigenvalue weighted by molar-refractivity contribution is -0.139. The van der Waals surface area contributed by atoms with Gasteiger partial charge < -0.3 is 0 Å².